The number of nitrogen functional groups attached to an aromatic ring is 1. The van der Waals surface area contributed by atoms with Gasteiger partial charge < -0.3 is 16.0 Å². The van der Waals surface area contributed by atoms with Gasteiger partial charge in [0.05, 0.1) is 10.4 Å². The van der Waals surface area contributed by atoms with Crippen molar-refractivity contribution >= 4 is 38.6 Å². The minimum Gasteiger partial charge on any atom is -0.383 e. The van der Waals surface area contributed by atoms with Crippen LogP contribution in [-0.4, -0.2) is 55.0 Å². The lowest BCUT2D eigenvalue weighted by Crippen LogP contribution is -2.43. The summed E-state index contributed by atoms with van der Waals surface area (Å²) >= 11 is 0. The number of nitrogens with one attached hydrogen (secondary N) is 2. The van der Waals surface area contributed by atoms with Crippen molar-refractivity contribution < 1.29 is 26.4 Å². The van der Waals surface area contributed by atoms with Gasteiger partial charge >= 0.3 is 12.1 Å². The van der Waals surface area contributed by atoms with Gasteiger partial charge in [-0.15, -0.1) is 0 Å². The van der Waals surface area contributed by atoms with E-state index in [4.69, 9.17) is 5.73 Å². The maximum atomic E-state index is 13.1. The fourth-order valence-electron chi connectivity index (χ4n) is 5.58. The van der Waals surface area contributed by atoms with Crippen molar-refractivity contribution in [3.05, 3.63) is 53.6 Å². The van der Waals surface area contributed by atoms with E-state index < -0.39 is 22.1 Å². The predicted molar refractivity (Wildman–Crippen MR) is 149 cm³/mol. The number of halogens is 3. The molecule has 0 unspecified atom stereocenters. The van der Waals surface area contributed by atoms with E-state index >= 15 is 0 Å². The van der Waals surface area contributed by atoms with Crippen LogP contribution >= 0.6 is 0 Å². The summed E-state index contributed by atoms with van der Waals surface area (Å²) in [4.78, 5) is 21.3. The van der Waals surface area contributed by atoms with Crippen LogP contribution in [0, 0.1) is 11.3 Å². The summed E-state index contributed by atoms with van der Waals surface area (Å²) in [7, 11) is -3.90. The molecule has 1 amide bonds. The average molecular weight is 591 g/mol. The molecule has 0 saturated heterocycles. The summed E-state index contributed by atoms with van der Waals surface area (Å²) in [5.74, 6) is -0.632. The van der Waals surface area contributed by atoms with Crippen molar-refractivity contribution in [3.8, 4) is 0 Å². The molecule has 9 nitrogen and oxygen atoms in total. The van der Waals surface area contributed by atoms with Gasteiger partial charge in [-0.05, 0) is 78.8 Å². The van der Waals surface area contributed by atoms with Crippen LogP contribution in [0.1, 0.15) is 43.7 Å². The number of benzene rings is 2. The Morgan fingerprint density at radius 2 is 1.85 bits per heavy atom. The largest absolute Gasteiger partial charge is 0.471 e. The maximum Gasteiger partial charge on any atom is 0.471 e. The molecular formula is C28H33F3N6O3S. The predicted octanol–water partition coefficient (Wildman–Crippen LogP) is 4.25. The highest BCUT2D eigenvalue weighted by atomic mass is 32.2. The van der Waals surface area contributed by atoms with E-state index in [1.807, 2.05) is 24.3 Å². The van der Waals surface area contributed by atoms with Gasteiger partial charge in [0.15, 0.2) is 0 Å². The first kappa shape index (κ1) is 29.1. The number of sulfonamides is 1. The van der Waals surface area contributed by atoms with Crippen LogP contribution in [0.2, 0.25) is 0 Å². The lowest BCUT2D eigenvalue weighted by atomic mass is 9.72. The van der Waals surface area contributed by atoms with Gasteiger partial charge in [-0.1, -0.05) is 25.1 Å². The number of hydrogen-bond acceptors (Lipinski definition) is 7. The number of rotatable bonds is 7. The topological polar surface area (TPSA) is 130 Å². The fourth-order valence-corrected chi connectivity index (χ4v) is 6.83. The lowest BCUT2D eigenvalue weighted by molar-refractivity contribution is -0.186. The monoisotopic (exact) mass is 590 g/mol. The second-order valence-electron chi connectivity index (χ2n) is 11.3. The summed E-state index contributed by atoms with van der Waals surface area (Å²) in [5, 5.41) is 4.10. The Bertz CT molecular complexity index is 1560. The zero-order valence-electron chi connectivity index (χ0n) is 22.7. The third-order valence-corrected chi connectivity index (χ3v) is 9.61. The molecule has 2 aromatic carbocycles. The number of carbonyl (C=O) groups excluding carboxylic acids is 1. The van der Waals surface area contributed by atoms with Gasteiger partial charge in [0, 0.05) is 31.6 Å². The van der Waals surface area contributed by atoms with Crippen molar-refractivity contribution in [2.75, 3.05) is 30.7 Å². The van der Waals surface area contributed by atoms with E-state index in [0.29, 0.717) is 34.7 Å². The average Bonchev–Trinajstić information content (AvgIpc) is 2.94. The summed E-state index contributed by atoms with van der Waals surface area (Å²) in [6, 6.07) is 12.0. The van der Waals surface area contributed by atoms with E-state index in [0.717, 1.165) is 42.1 Å². The molecule has 1 aliphatic heterocycles. The highest BCUT2D eigenvalue weighted by molar-refractivity contribution is 7.89. The van der Waals surface area contributed by atoms with Crippen LogP contribution in [0.25, 0.3) is 10.9 Å². The second-order valence-corrected chi connectivity index (χ2v) is 13.1. The molecule has 0 radical (unpaired) electrons. The highest BCUT2D eigenvalue weighted by Crippen LogP contribution is 2.38. The van der Waals surface area contributed by atoms with Crippen molar-refractivity contribution in [2.45, 2.75) is 56.6 Å². The quantitative estimate of drug-likeness (QED) is 0.375. The van der Waals surface area contributed by atoms with Gasteiger partial charge in [-0.3, -0.25) is 4.79 Å². The molecule has 1 saturated carbocycles. The first-order valence-corrected chi connectivity index (χ1v) is 15.0. The van der Waals surface area contributed by atoms with E-state index in [1.54, 1.807) is 6.07 Å². The fraction of sp³-hybridized carbons (Fsp3) is 0.464. The van der Waals surface area contributed by atoms with Crippen molar-refractivity contribution in [1.82, 2.24) is 19.6 Å². The third-order valence-electron chi connectivity index (χ3n) is 8.21. The van der Waals surface area contributed by atoms with Crippen LogP contribution in [0.3, 0.4) is 0 Å². The molecule has 1 aliphatic carbocycles. The Hall–Kier alpha value is -3.45. The van der Waals surface area contributed by atoms with E-state index in [2.05, 4.69) is 26.9 Å². The van der Waals surface area contributed by atoms with Gasteiger partial charge in [-0.25, -0.2) is 18.1 Å². The van der Waals surface area contributed by atoms with Crippen LogP contribution in [0.4, 0.5) is 24.9 Å². The van der Waals surface area contributed by atoms with E-state index in [-0.39, 0.29) is 36.4 Å². The van der Waals surface area contributed by atoms with E-state index in [9.17, 15) is 26.4 Å². The molecule has 0 bridgehead atoms. The van der Waals surface area contributed by atoms with Gasteiger partial charge in [-0.2, -0.15) is 18.2 Å². The second kappa shape index (κ2) is 11.1. The molecule has 220 valence electrons. The van der Waals surface area contributed by atoms with Crippen LogP contribution in [0.15, 0.2) is 47.4 Å². The number of anilines is 2. The Morgan fingerprint density at radius 1 is 1.12 bits per heavy atom. The summed E-state index contributed by atoms with van der Waals surface area (Å²) in [5.41, 5.74) is 7.76. The molecular weight excluding hydrogens is 557 g/mol. The Morgan fingerprint density at radius 3 is 2.59 bits per heavy atom. The van der Waals surface area contributed by atoms with Gasteiger partial charge in [0.25, 0.3) is 0 Å². The number of carbonyl (C=O) groups is 1. The number of hydrogen-bond donors (Lipinski definition) is 3. The zero-order valence-corrected chi connectivity index (χ0v) is 23.5. The van der Waals surface area contributed by atoms with Crippen LogP contribution in [-0.2, 0) is 27.8 Å². The Labute approximate surface area is 236 Å². The third kappa shape index (κ3) is 6.56. The molecule has 41 heavy (non-hydrogen) atoms. The van der Waals surface area contributed by atoms with Gasteiger partial charge in [0.1, 0.15) is 5.82 Å². The Kier molecular flexibility index (Phi) is 7.86. The minimum absolute atomic E-state index is 0.0197. The molecule has 1 fully saturated rings. The molecule has 1 aromatic heterocycles. The molecule has 3 aromatic rings. The van der Waals surface area contributed by atoms with Crippen molar-refractivity contribution in [3.63, 3.8) is 0 Å². The highest BCUT2D eigenvalue weighted by Gasteiger charge is 2.43. The smallest absolute Gasteiger partial charge is 0.383 e. The molecule has 0 atom stereocenters. The maximum absolute atomic E-state index is 13.1. The summed E-state index contributed by atoms with van der Waals surface area (Å²) in [6.07, 6.45) is -1.29. The number of nitrogens with zero attached hydrogens (tertiary/aromatic N) is 3. The number of nitrogens with two attached hydrogens (primary N) is 1. The van der Waals surface area contributed by atoms with Crippen molar-refractivity contribution in [2.24, 2.45) is 11.3 Å². The zero-order chi connectivity index (χ0) is 29.4. The lowest BCUT2D eigenvalue weighted by Gasteiger charge is -2.37. The number of aromatic nitrogens is 2. The number of fused-ring (bicyclic) bond motifs is 2. The first-order valence-electron chi connectivity index (χ1n) is 13.6. The van der Waals surface area contributed by atoms with Crippen molar-refractivity contribution in [1.29, 1.82) is 0 Å². The Balaban J connectivity index is 1.15. The standard InChI is InChI=1S/C28H33F3N6O3S/c1-27(11-8-18(9-12-27)15-33-26-35-23-5-3-2-4-22(23)24(32)36-26)17-34-41(39,40)21-7-6-19-10-13-37(16-20(19)14-21)25(38)28(29,30)31/h2-7,14,18,34H,8-13,15-17H2,1H3,(H3,32,33,35,36). The number of para-hydroxylation sites is 1. The molecule has 2 aliphatic rings. The molecule has 2 heterocycles. The summed E-state index contributed by atoms with van der Waals surface area (Å²) in [6.45, 7) is 2.65. The molecule has 5 rings (SSSR count). The number of amides is 1. The molecule has 4 N–H and O–H groups in total. The normalized spacial score (nSPS) is 21.5. The molecule has 13 heteroatoms. The summed E-state index contributed by atoms with van der Waals surface area (Å²) < 4.78 is 67.6. The van der Waals surface area contributed by atoms with Crippen LogP contribution in [0.5, 0.6) is 0 Å². The number of alkyl halides is 3. The minimum atomic E-state index is -4.97. The molecule has 0 spiro atoms. The first-order chi connectivity index (χ1) is 19.3. The van der Waals surface area contributed by atoms with Crippen LogP contribution < -0.4 is 15.8 Å². The van der Waals surface area contributed by atoms with E-state index in [1.165, 1.54) is 12.1 Å². The SMILES string of the molecule is CC1(CNS(=O)(=O)c2ccc3c(c2)CN(C(=O)C(F)(F)F)CC3)CCC(CNc2nc(N)c3ccccc3n2)CC1. The van der Waals surface area contributed by atoms with Gasteiger partial charge in [0.2, 0.25) is 16.0 Å².